The summed E-state index contributed by atoms with van der Waals surface area (Å²) in [5.74, 6) is 1.66. The maximum atomic E-state index is 12.5. The molecular weight excluding hydrogens is 370 g/mol. The van der Waals surface area contributed by atoms with Gasteiger partial charge in [0.05, 0.1) is 20.3 Å². The Morgan fingerprint density at radius 3 is 2.55 bits per heavy atom. The summed E-state index contributed by atoms with van der Waals surface area (Å²) in [6.45, 7) is 4.85. The van der Waals surface area contributed by atoms with Gasteiger partial charge in [-0.15, -0.1) is 0 Å². The van der Waals surface area contributed by atoms with Crippen LogP contribution in [0.5, 0.6) is 11.8 Å². The van der Waals surface area contributed by atoms with E-state index in [0.717, 1.165) is 44.5 Å². The smallest absolute Gasteiger partial charge is 0.321 e. The number of anilines is 1. The quantitative estimate of drug-likeness (QED) is 0.648. The fourth-order valence-electron chi connectivity index (χ4n) is 3.09. The van der Waals surface area contributed by atoms with Crippen LogP contribution in [0.3, 0.4) is 0 Å². The lowest BCUT2D eigenvalue weighted by Gasteiger charge is -2.26. The summed E-state index contributed by atoms with van der Waals surface area (Å²) in [5.41, 5.74) is 0.560. The van der Waals surface area contributed by atoms with Gasteiger partial charge < -0.3 is 19.7 Å². The van der Waals surface area contributed by atoms with E-state index in [4.69, 9.17) is 9.47 Å². The molecule has 0 aliphatic carbocycles. The molecule has 0 bridgehead atoms. The third-order valence-corrected chi connectivity index (χ3v) is 4.76. The zero-order chi connectivity index (χ0) is 20.5. The van der Waals surface area contributed by atoms with Crippen LogP contribution in [-0.4, -0.2) is 47.7 Å². The number of rotatable bonds is 9. The number of benzene rings is 1. The summed E-state index contributed by atoms with van der Waals surface area (Å²) in [7, 11) is 1.53. The molecular formula is C21H29N5O3. The molecule has 0 saturated carbocycles. The minimum atomic E-state index is -0.191. The number of ether oxygens (including phenoxy) is 2. The molecule has 0 atom stereocenters. The number of carbonyl (C=O) groups excluding carboxylic acids is 1. The lowest BCUT2D eigenvalue weighted by molar-refractivity contribution is 0.0949. The Labute approximate surface area is 171 Å². The number of methoxy groups -OCH3 is 1. The van der Waals surface area contributed by atoms with Gasteiger partial charge in [0.1, 0.15) is 5.75 Å². The predicted octanol–water partition coefficient (Wildman–Crippen LogP) is 2.98. The average molecular weight is 399 g/mol. The van der Waals surface area contributed by atoms with Gasteiger partial charge in [-0.2, -0.15) is 15.0 Å². The molecule has 8 nitrogen and oxygen atoms in total. The van der Waals surface area contributed by atoms with Crippen LogP contribution in [0.25, 0.3) is 0 Å². The van der Waals surface area contributed by atoms with Gasteiger partial charge in [-0.25, -0.2) is 0 Å². The van der Waals surface area contributed by atoms with E-state index in [-0.39, 0.29) is 18.5 Å². The van der Waals surface area contributed by atoms with E-state index in [9.17, 15) is 4.79 Å². The van der Waals surface area contributed by atoms with E-state index in [1.54, 1.807) is 12.1 Å². The van der Waals surface area contributed by atoms with E-state index >= 15 is 0 Å². The second-order valence-electron chi connectivity index (χ2n) is 7.00. The second-order valence-corrected chi connectivity index (χ2v) is 7.00. The van der Waals surface area contributed by atoms with Gasteiger partial charge in [-0.05, 0) is 49.9 Å². The zero-order valence-electron chi connectivity index (χ0n) is 17.2. The molecule has 2 heterocycles. The molecule has 29 heavy (non-hydrogen) atoms. The van der Waals surface area contributed by atoms with Crippen molar-refractivity contribution in [1.82, 2.24) is 20.3 Å². The molecule has 1 saturated heterocycles. The highest BCUT2D eigenvalue weighted by atomic mass is 16.5. The number of nitrogens with zero attached hydrogens (tertiary/aromatic N) is 4. The Morgan fingerprint density at radius 2 is 1.86 bits per heavy atom. The molecule has 1 aliphatic rings. The van der Waals surface area contributed by atoms with E-state index in [1.807, 2.05) is 12.1 Å². The summed E-state index contributed by atoms with van der Waals surface area (Å²) in [4.78, 5) is 27.7. The van der Waals surface area contributed by atoms with Crippen LogP contribution in [0, 0.1) is 0 Å². The Hall–Kier alpha value is -2.90. The van der Waals surface area contributed by atoms with Crippen LogP contribution in [-0.2, 0) is 6.54 Å². The number of amides is 1. The molecule has 1 amide bonds. The molecule has 1 fully saturated rings. The van der Waals surface area contributed by atoms with E-state index in [2.05, 4.69) is 32.1 Å². The number of carbonyl (C=O) groups is 1. The molecule has 8 heteroatoms. The molecule has 1 aliphatic heterocycles. The van der Waals surface area contributed by atoms with Gasteiger partial charge in [-0.1, -0.05) is 13.3 Å². The van der Waals surface area contributed by atoms with Gasteiger partial charge in [0.2, 0.25) is 5.95 Å². The third-order valence-electron chi connectivity index (χ3n) is 4.76. The van der Waals surface area contributed by atoms with Crippen LogP contribution >= 0.6 is 0 Å². The van der Waals surface area contributed by atoms with Gasteiger partial charge in [0, 0.05) is 18.7 Å². The Bertz CT molecular complexity index is 791. The first-order valence-corrected chi connectivity index (χ1v) is 10.2. The monoisotopic (exact) mass is 399 g/mol. The number of aromatic nitrogens is 3. The van der Waals surface area contributed by atoms with Crippen molar-refractivity contribution in [2.75, 3.05) is 31.7 Å². The van der Waals surface area contributed by atoms with Crippen molar-refractivity contribution < 1.29 is 14.3 Å². The number of hydrogen-bond acceptors (Lipinski definition) is 7. The Morgan fingerprint density at radius 1 is 1.10 bits per heavy atom. The summed E-state index contributed by atoms with van der Waals surface area (Å²) in [6, 6.07) is 7.39. The van der Waals surface area contributed by atoms with Crippen LogP contribution < -0.4 is 19.7 Å². The third kappa shape index (κ3) is 6.04. The topological polar surface area (TPSA) is 89.5 Å². The highest BCUT2D eigenvalue weighted by Crippen LogP contribution is 2.18. The van der Waals surface area contributed by atoms with Crippen LogP contribution in [0.2, 0.25) is 0 Å². The molecule has 1 aromatic carbocycles. The summed E-state index contributed by atoms with van der Waals surface area (Å²) < 4.78 is 10.8. The van der Waals surface area contributed by atoms with Crippen molar-refractivity contribution in [2.24, 2.45) is 0 Å². The first-order valence-electron chi connectivity index (χ1n) is 10.2. The van der Waals surface area contributed by atoms with E-state index in [1.165, 1.54) is 13.5 Å². The minimum Gasteiger partial charge on any atom is -0.494 e. The molecule has 1 N–H and O–H groups in total. The highest BCUT2D eigenvalue weighted by Gasteiger charge is 2.17. The van der Waals surface area contributed by atoms with Gasteiger partial charge >= 0.3 is 6.01 Å². The largest absolute Gasteiger partial charge is 0.494 e. The average Bonchev–Trinajstić information content (AvgIpc) is 2.78. The van der Waals surface area contributed by atoms with Crippen molar-refractivity contribution in [3.8, 4) is 11.8 Å². The zero-order valence-corrected chi connectivity index (χ0v) is 17.2. The molecule has 0 radical (unpaired) electrons. The van der Waals surface area contributed by atoms with Gasteiger partial charge in [0.15, 0.2) is 5.82 Å². The van der Waals surface area contributed by atoms with Crippen molar-refractivity contribution in [3.63, 3.8) is 0 Å². The lowest BCUT2D eigenvalue weighted by Crippen LogP contribution is -2.32. The van der Waals surface area contributed by atoms with Crippen molar-refractivity contribution in [2.45, 2.75) is 45.6 Å². The highest BCUT2D eigenvalue weighted by molar-refractivity contribution is 5.94. The van der Waals surface area contributed by atoms with Crippen LogP contribution in [0.1, 0.15) is 55.2 Å². The second kappa shape index (κ2) is 10.6. The molecule has 0 spiro atoms. The fraction of sp³-hybridized carbons (Fsp3) is 0.524. The molecule has 0 unspecified atom stereocenters. The van der Waals surface area contributed by atoms with Crippen molar-refractivity contribution in [1.29, 1.82) is 0 Å². The number of piperidine rings is 1. The maximum absolute atomic E-state index is 12.5. The van der Waals surface area contributed by atoms with Gasteiger partial charge in [-0.3, -0.25) is 4.79 Å². The SMILES string of the molecule is CCCCOc1ccc(C(=O)NCc2nc(OC)nc(N3CCCCC3)n2)cc1. The lowest BCUT2D eigenvalue weighted by atomic mass is 10.1. The summed E-state index contributed by atoms with van der Waals surface area (Å²) in [6.07, 6.45) is 5.57. The van der Waals surface area contributed by atoms with E-state index < -0.39 is 0 Å². The van der Waals surface area contributed by atoms with Gasteiger partial charge in [0.25, 0.3) is 5.91 Å². The standard InChI is InChI=1S/C21H29N5O3/c1-3-4-14-29-17-10-8-16(9-11-17)19(27)22-15-18-23-20(25-21(24-18)28-2)26-12-6-5-7-13-26/h8-11H,3-7,12-15H2,1-2H3,(H,22,27). The summed E-state index contributed by atoms with van der Waals surface area (Å²) in [5, 5.41) is 2.86. The number of unbranched alkanes of at least 4 members (excludes halogenated alkanes) is 1. The molecule has 3 rings (SSSR count). The molecule has 1 aromatic heterocycles. The fourth-order valence-corrected chi connectivity index (χ4v) is 3.09. The minimum absolute atomic E-state index is 0.191. The maximum Gasteiger partial charge on any atom is 0.321 e. The Kier molecular flexibility index (Phi) is 7.61. The first-order chi connectivity index (χ1) is 14.2. The molecule has 2 aromatic rings. The summed E-state index contributed by atoms with van der Waals surface area (Å²) >= 11 is 0. The number of nitrogens with one attached hydrogen (secondary N) is 1. The molecule has 156 valence electrons. The normalized spacial score (nSPS) is 13.8. The predicted molar refractivity (Wildman–Crippen MR) is 110 cm³/mol. The van der Waals surface area contributed by atoms with Crippen molar-refractivity contribution >= 4 is 11.9 Å². The Balaban J connectivity index is 1.60. The van der Waals surface area contributed by atoms with Crippen molar-refractivity contribution in [3.05, 3.63) is 35.7 Å². The number of hydrogen-bond donors (Lipinski definition) is 1. The first kappa shape index (κ1) is 20.8. The van der Waals surface area contributed by atoms with E-state index in [0.29, 0.717) is 23.9 Å². The van der Waals surface area contributed by atoms with Crippen LogP contribution in [0.15, 0.2) is 24.3 Å². The van der Waals surface area contributed by atoms with Crippen LogP contribution in [0.4, 0.5) is 5.95 Å².